The van der Waals surface area contributed by atoms with Crippen LogP contribution in [0.3, 0.4) is 0 Å². The number of hydrogen-bond donors (Lipinski definition) is 0. The van der Waals surface area contributed by atoms with Crippen LogP contribution in [0.4, 0.5) is 0 Å². The van der Waals surface area contributed by atoms with Gasteiger partial charge in [0.2, 0.25) is 0 Å². The van der Waals surface area contributed by atoms with Crippen LogP contribution in [0.2, 0.25) is 11.1 Å². The molecule has 0 atom stereocenters. The van der Waals surface area contributed by atoms with E-state index in [9.17, 15) is 4.79 Å². The number of allylic oxidation sites excluding steroid dienone is 3. The number of hydrogen-bond acceptors (Lipinski definition) is 1. The maximum atomic E-state index is 13.1. The summed E-state index contributed by atoms with van der Waals surface area (Å²) in [6.45, 7) is 11.3. The average Bonchev–Trinajstić information content (AvgIpc) is 3.20. The van der Waals surface area contributed by atoms with Crippen LogP contribution in [0.25, 0.3) is 0 Å². The van der Waals surface area contributed by atoms with E-state index in [2.05, 4.69) is 94.1 Å². The van der Waals surface area contributed by atoms with Gasteiger partial charge in [-0.2, -0.15) is 0 Å². The quantitative estimate of drug-likeness (QED) is 0.496. The molecule has 0 aliphatic heterocycles. The van der Waals surface area contributed by atoms with Crippen LogP contribution < -0.4 is 10.4 Å². The predicted octanol–water partition coefficient (Wildman–Crippen LogP) is 5.29. The fourth-order valence-electron chi connectivity index (χ4n) is 4.45. The summed E-state index contributed by atoms with van der Waals surface area (Å²) in [5.41, 5.74) is 1.75. The van der Waals surface area contributed by atoms with Gasteiger partial charge in [0.05, 0.1) is 0 Å². The van der Waals surface area contributed by atoms with Crippen LogP contribution in [-0.2, 0) is 4.79 Å². The molecule has 2 aromatic carbocycles. The van der Waals surface area contributed by atoms with Crippen LogP contribution in [-0.4, -0.2) is 13.9 Å². The monoisotopic (exact) mass is 374 g/mol. The van der Waals surface area contributed by atoms with Crippen molar-refractivity contribution < 1.29 is 4.79 Å². The van der Waals surface area contributed by atoms with Crippen molar-refractivity contribution in [1.29, 1.82) is 0 Å². The molecular formula is C25H30OSi. The summed E-state index contributed by atoms with van der Waals surface area (Å²) in [4.78, 5) is 13.1. The molecule has 27 heavy (non-hydrogen) atoms. The first-order chi connectivity index (χ1) is 12.9. The van der Waals surface area contributed by atoms with E-state index in [1.165, 1.54) is 10.4 Å². The van der Waals surface area contributed by atoms with Crippen molar-refractivity contribution in [1.82, 2.24) is 0 Å². The maximum absolute atomic E-state index is 13.1. The van der Waals surface area contributed by atoms with Gasteiger partial charge in [-0.1, -0.05) is 104 Å². The third-order valence-corrected chi connectivity index (χ3v) is 12.1. The molecule has 1 aliphatic rings. The fourth-order valence-corrected chi connectivity index (χ4v) is 9.78. The van der Waals surface area contributed by atoms with Crippen molar-refractivity contribution in [2.24, 2.45) is 0 Å². The first kappa shape index (κ1) is 19.6. The minimum Gasteiger partial charge on any atom is -0.289 e. The zero-order valence-corrected chi connectivity index (χ0v) is 17.8. The summed E-state index contributed by atoms with van der Waals surface area (Å²) in [5.74, 6) is 0.181. The number of carbonyl (C=O) groups excluding carboxylic acids is 1. The topological polar surface area (TPSA) is 17.1 Å². The van der Waals surface area contributed by atoms with Crippen molar-refractivity contribution in [3.8, 4) is 0 Å². The molecule has 0 spiro atoms. The second kappa shape index (κ2) is 7.81. The molecule has 0 aromatic heterocycles. The molecule has 140 valence electrons. The second-order valence-corrected chi connectivity index (χ2v) is 13.4. The van der Waals surface area contributed by atoms with Gasteiger partial charge in [-0.05, 0) is 41.5 Å². The summed E-state index contributed by atoms with van der Waals surface area (Å²) < 4.78 is 0. The molecule has 0 saturated heterocycles. The summed E-state index contributed by atoms with van der Waals surface area (Å²) >= 11 is 0. The molecule has 3 rings (SSSR count). The molecule has 2 aromatic rings. The number of ketones is 1. The first-order valence-corrected chi connectivity index (χ1v) is 12.1. The largest absolute Gasteiger partial charge is 0.289 e. The van der Waals surface area contributed by atoms with E-state index in [4.69, 9.17) is 0 Å². The second-order valence-electron chi connectivity index (χ2n) is 8.62. The molecule has 0 amide bonds. The van der Waals surface area contributed by atoms with E-state index in [0.29, 0.717) is 0 Å². The molecule has 0 radical (unpaired) electrons. The van der Waals surface area contributed by atoms with E-state index in [-0.39, 0.29) is 10.8 Å². The van der Waals surface area contributed by atoms with E-state index >= 15 is 0 Å². The molecule has 2 heteroatoms. The van der Waals surface area contributed by atoms with Crippen LogP contribution in [0.1, 0.15) is 40.0 Å². The molecule has 0 heterocycles. The summed E-state index contributed by atoms with van der Waals surface area (Å²) in [6, 6.07) is 22.4. The average molecular weight is 375 g/mol. The molecule has 0 fully saturated rings. The lowest BCUT2D eigenvalue weighted by Gasteiger charge is -2.44. The highest BCUT2D eigenvalue weighted by Gasteiger charge is 2.48. The van der Waals surface area contributed by atoms with Gasteiger partial charge in [0.25, 0.3) is 0 Å². The zero-order chi connectivity index (χ0) is 19.5. The predicted molar refractivity (Wildman–Crippen MR) is 119 cm³/mol. The Morgan fingerprint density at radius 1 is 0.963 bits per heavy atom. The van der Waals surface area contributed by atoms with Crippen LogP contribution in [0.5, 0.6) is 0 Å². The van der Waals surface area contributed by atoms with E-state index < -0.39 is 8.07 Å². The van der Waals surface area contributed by atoms with Gasteiger partial charge in [0.1, 0.15) is 8.07 Å². The maximum Gasteiger partial charge on any atom is 0.183 e. The van der Waals surface area contributed by atoms with Gasteiger partial charge in [0.15, 0.2) is 5.78 Å². The normalized spacial score (nSPS) is 14.7. The third kappa shape index (κ3) is 3.77. The lowest BCUT2D eigenvalue weighted by molar-refractivity contribution is -0.112. The molecule has 0 unspecified atom stereocenters. The van der Waals surface area contributed by atoms with Crippen molar-refractivity contribution in [3.63, 3.8) is 0 Å². The third-order valence-electron chi connectivity index (χ3n) is 5.95. The summed E-state index contributed by atoms with van der Waals surface area (Å²) in [7, 11) is -2.27. The number of rotatable bonds is 6. The Morgan fingerprint density at radius 2 is 1.48 bits per heavy atom. The summed E-state index contributed by atoms with van der Waals surface area (Å²) in [6.07, 6.45) is 5.12. The Balaban J connectivity index is 2.12. The highest BCUT2D eigenvalue weighted by Crippen LogP contribution is 2.40. The zero-order valence-electron chi connectivity index (χ0n) is 16.8. The number of benzene rings is 2. The van der Waals surface area contributed by atoms with Gasteiger partial charge in [-0.25, -0.2) is 0 Å². The van der Waals surface area contributed by atoms with Crippen LogP contribution in [0.15, 0.2) is 84.5 Å². The van der Waals surface area contributed by atoms with E-state index in [0.717, 1.165) is 36.5 Å². The summed E-state index contributed by atoms with van der Waals surface area (Å²) in [5, 5.41) is 2.79. The Bertz CT molecular complexity index is 801. The van der Waals surface area contributed by atoms with Crippen molar-refractivity contribution in [3.05, 3.63) is 84.5 Å². The van der Waals surface area contributed by atoms with Crippen LogP contribution >= 0.6 is 0 Å². The Labute approximate surface area is 164 Å². The van der Waals surface area contributed by atoms with Gasteiger partial charge >= 0.3 is 0 Å². The molecule has 0 bridgehead atoms. The SMILES string of the molecule is C=C(C[Si](c1ccccc1)(c1ccccc1)C(C)(C)C)C(=O)C1=CCCC1. The number of Topliss-reactive ketones (excluding diaryl/α,β-unsaturated/α-hetero) is 1. The van der Waals surface area contributed by atoms with Crippen molar-refractivity contribution >= 4 is 24.2 Å². The Morgan fingerprint density at radius 3 is 1.89 bits per heavy atom. The molecule has 1 aliphatic carbocycles. The van der Waals surface area contributed by atoms with Crippen LogP contribution in [0, 0.1) is 0 Å². The first-order valence-electron chi connectivity index (χ1n) is 9.89. The van der Waals surface area contributed by atoms with E-state index in [1.807, 2.05) is 0 Å². The molecule has 1 nitrogen and oxygen atoms in total. The Kier molecular flexibility index (Phi) is 5.66. The highest BCUT2D eigenvalue weighted by atomic mass is 28.3. The number of carbonyl (C=O) groups is 1. The highest BCUT2D eigenvalue weighted by molar-refractivity contribution is 7.04. The van der Waals surface area contributed by atoms with Gasteiger partial charge < -0.3 is 0 Å². The molecular weight excluding hydrogens is 344 g/mol. The smallest absolute Gasteiger partial charge is 0.183 e. The van der Waals surface area contributed by atoms with Crippen molar-refractivity contribution in [2.45, 2.75) is 51.1 Å². The molecule has 0 N–H and O–H groups in total. The standard InChI is InChI=1S/C25H30OSi/c1-20(24(26)21-13-11-12-14-21)19-27(25(2,3)4,22-15-7-5-8-16-22)23-17-9-6-10-18-23/h5-10,13,15-18H,1,11-12,14,19H2,2-4H3. The minimum atomic E-state index is -2.27. The fraction of sp³-hybridized carbons (Fsp3) is 0.320. The van der Waals surface area contributed by atoms with Gasteiger partial charge in [-0.3, -0.25) is 4.79 Å². The van der Waals surface area contributed by atoms with Gasteiger partial charge in [0, 0.05) is 0 Å². The van der Waals surface area contributed by atoms with Crippen molar-refractivity contribution in [2.75, 3.05) is 0 Å². The lowest BCUT2D eigenvalue weighted by Crippen LogP contribution is -2.64. The lowest BCUT2D eigenvalue weighted by atomic mass is 10.1. The minimum absolute atomic E-state index is 0.0446. The van der Waals surface area contributed by atoms with E-state index in [1.54, 1.807) is 0 Å². The Hall–Kier alpha value is -2.19. The van der Waals surface area contributed by atoms with Gasteiger partial charge in [-0.15, -0.1) is 0 Å². The molecule has 0 saturated carbocycles.